The predicted octanol–water partition coefficient (Wildman–Crippen LogP) is 6.30. The molecule has 0 radical (unpaired) electrons. The van der Waals surface area contributed by atoms with Gasteiger partial charge in [0.15, 0.2) is 0 Å². The van der Waals surface area contributed by atoms with Gasteiger partial charge in [-0.15, -0.1) is 11.3 Å². The Morgan fingerprint density at radius 2 is 1.81 bits per heavy atom. The molecule has 5 nitrogen and oxygen atoms in total. The first kappa shape index (κ1) is 19.3. The Kier molecular flexibility index (Phi) is 5.14. The number of fused-ring (bicyclic) bond motifs is 1. The van der Waals surface area contributed by atoms with E-state index in [-0.39, 0.29) is 6.04 Å². The summed E-state index contributed by atoms with van der Waals surface area (Å²) in [5.41, 5.74) is 8.30. The maximum absolute atomic E-state index is 4.66. The van der Waals surface area contributed by atoms with Crippen LogP contribution in [-0.4, -0.2) is 19.9 Å². The minimum Gasteiger partial charge on any atom is -0.363 e. The van der Waals surface area contributed by atoms with Gasteiger partial charge in [-0.2, -0.15) is 0 Å². The van der Waals surface area contributed by atoms with Crippen molar-refractivity contribution in [2.45, 2.75) is 19.9 Å². The summed E-state index contributed by atoms with van der Waals surface area (Å²) in [4.78, 5) is 17.9. The Morgan fingerprint density at radius 1 is 0.903 bits per heavy atom. The van der Waals surface area contributed by atoms with Gasteiger partial charge in [0, 0.05) is 30.1 Å². The molecule has 0 fully saturated rings. The number of anilines is 1. The van der Waals surface area contributed by atoms with Crippen LogP contribution in [0.15, 0.2) is 78.6 Å². The first-order valence-corrected chi connectivity index (χ1v) is 11.0. The van der Waals surface area contributed by atoms with Crippen molar-refractivity contribution in [3.63, 3.8) is 0 Å². The van der Waals surface area contributed by atoms with Crippen molar-refractivity contribution in [1.29, 1.82) is 0 Å². The molecule has 0 bridgehead atoms. The Hall–Kier alpha value is -3.64. The van der Waals surface area contributed by atoms with Gasteiger partial charge in [-0.05, 0) is 54.8 Å². The largest absolute Gasteiger partial charge is 0.363 e. The van der Waals surface area contributed by atoms with E-state index in [9.17, 15) is 0 Å². The van der Waals surface area contributed by atoms with Gasteiger partial charge in [-0.25, -0.2) is 15.0 Å². The molecule has 5 rings (SSSR count). The highest BCUT2D eigenvalue weighted by Gasteiger charge is 2.11. The van der Waals surface area contributed by atoms with Crippen molar-refractivity contribution in [3.8, 4) is 22.4 Å². The molecule has 0 saturated heterocycles. The third-order valence-electron chi connectivity index (χ3n) is 5.21. The number of aromatic nitrogens is 4. The van der Waals surface area contributed by atoms with Gasteiger partial charge in [0.1, 0.15) is 11.6 Å². The fraction of sp³-hybridized carbons (Fsp3) is 0.120. The zero-order valence-electron chi connectivity index (χ0n) is 17.3. The van der Waals surface area contributed by atoms with Crippen molar-refractivity contribution >= 4 is 27.4 Å². The molecular formula is C25H21N5S. The van der Waals surface area contributed by atoms with Crippen LogP contribution in [0.1, 0.15) is 24.4 Å². The SMILES string of the molecule is Cc1nc(N[C@@H](C)c2cccc(-c3cccnc3)c2)cc(-c2ccc3ncsc3c2)n1. The van der Waals surface area contributed by atoms with Crippen molar-refractivity contribution in [3.05, 3.63) is 90.0 Å². The fourth-order valence-electron chi connectivity index (χ4n) is 3.63. The number of hydrogen-bond acceptors (Lipinski definition) is 6. The molecule has 3 aromatic heterocycles. The number of nitrogens with zero attached hydrogens (tertiary/aromatic N) is 4. The normalized spacial score (nSPS) is 12.1. The zero-order chi connectivity index (χ0) is 21.2. The third-order valence-corrected chi connectivity index (χ3v) is 6.00. The molecule has 31 heavy (non-hydrogen) atoms. The highest BCUT2D eigenvalue weighted by Crippen LogP contribution is 2.28. The van der Waals surface area contributed by atoms with E-state index in [1.165, 1.54) is 5.56 Å². The highest BCUT2D eigenvalue weighted by atomic mass is 32.1. The van der Waals surface area contributed by atoms with E-state index in [0.29, 0.717) is 0 Å². The molecule has 2 aromatic carbocycles. The maximum Gasteiger partial charge on any atom is 0.130 e. The molecule has 0 amide bonds. The quantitative estimate of drug-likeness (QED) is 0.359. The third kappa shape index (κ3) is 4.15. The van der Waals surface area contributed by atoms with E-state index < -0.39 is 0 Å². The van der Waals surface area contributed by atoms with Crippen LogP contribution in [0.3, 0.4) is 0 Å². The number of thiazole rings is 1. The number of hydrogen-bond donors (Lipinski definition) is 1. The van der Waals surface area contributed by atoms with E-state index in [2.05, 4.69) is 74.6 Å². The van der Waals surface area contributed by atoms with Crippen molar-refractivity contribution in [2.24, 2.45) is 0 Å². The Labute approximate surface area is 184 Å². The molecule has 0 aliphatic carbocycles. The van der Waals surface area contributed by atoms with Gasteiger partial charge in [-0.3, -0.25) is 4.98 Å². The predicted molar refractivity (Wildman–Crippen MR) is 127 cm³/mol. The molecule has 0 aliphatic heterocycles. The van der Waals surface area contributed by atoms with Gasteiger partial charge in [0.25, 0.3) is 0 Å². The molecule has 6 heteroatoms. The molecule has 0 saturated carbocycles. The van der Waals surface area contributed by atoms with E-state index in [4.69, 9.17) is 0 Å². The van der Waals surface area contributed by atoms with Gasteiger partial charge in [-0.1, -0.05) is 30.3 Å². The minimum atomic E-state index is 0.0859. The lowest BCUT2D eigenvalue weighted by Gasteiger charge is -2.17. The van der Waals surface area contributed by atoms with Crippen LogP contribution in [0.4, 0.5) is 5.82 Å². The molecular weight excluding hydrogens is 402 g/mol. The van der Waals surface area contributed by atoms with Crippen LogP contribution >= 0.6 is 11.3 Å². The van der Waals surface area contributed by atoms with Crippen molar-refractivity contribution in [1.82, 2.24) is 19.9 Å². The van der Waals surface area contributed by atoms with E-state index in [1.54, 1.807) is 17.5 Å². The van der Waals surface area contributed by atoms with Gasteiger partial charge >= 0.3 is 0 Å². The molecule has 152 valence electrons. The van der Waals surface area contributed by atoms with Crippen LogP contribution in [0, 0.1) is 6.92 Å². The summed E-state index contributed by atoms with van der Waals surface area (Å²) in [6.45, 7) is 4.07. The second-order valence-corrected chi connectivity index (χ2v) is 8.34. The average molecular weight is 424 g/mol. The fourth-order valence-corrected chi connectivity index (χ4v) is 4.35. The lowest BCUT2D eigenvalue weighted by Crippen LogP contribution is -2.09. The maximum atomic E-state index is 4.66. The summed E-state index contributed by atoms with van der Waals surface area (Å²) in [6.07, 6.45) is 3.68. The smallest absolute Gasteiger partial charge is 0.130 e. The minimum absolute atomic E-state index is 0.0859. The number of rotatable bonds is 5. The summed E-state index contributed by atoms with van der Waals surface area (Å²) in [6, 6.07) is 20.9. The van der Waals surface area contributed by atoms with Crippen LogP contribution in [-0.2, 0) is 0 Å². The molecule has 0 spiro atoms. The lowest BCUT2D eigenvalue weighted by atomic mass is 10.0. The van der Waals surface area contributed by atoms with Crippen LogP contribution < -0.4 is 5.32 Å². The summed E-state index contributed by atoms with van der Waals surface area (Å²) in [7, 11) is 0. The van der Waals surface area contributed by atoms with Gasteiger partial charge < -0.3 is 5.32 Å². The van der Waals surface area contributed by atoms with E-state index >= 15 is 0 Å². The number of nitrogens with one attached hydrogen (secondary N) is 1. The lowest BCUT2D eigenvalue weighted by molar-refractivity contribution is 0.868. The molecule has 0 aliphatic rings. The highest BCUT2D eigenvalue weighted by molar-refractivity contribution is 7.16. The van der Waals surface area contributed by atoms with Gasteiger partial charge in [0.05, 0.1) is 21.4 Å². The van der Waals surface area contributed by atoms with E-state index in [0.717, 1.165) is 44.2 Å². The second kappa shape index (κ2) is 8.24. The summed E-state index contributed by atoms with van der Waals surface area (Å²) in [5.74, 6) is 1.55. The Balaban J connectivity index is 1.42. The van der Waals surface area contributed by atoms with Crippen LogP contribution in [0.5, 0.6) is 0 Å². The molecule has 1 N–H and O–H groups in total. The topological polar surface area (TPSA) is 63.6 Å². The monoisotopic (exact) mass is 423 g/mol. The van der Waals surface area contributed by atoms with Crippen molar-refractivity contribution < 1.29 is 0 Å². The van der Waals surface area contributed by atoms with Crippen molar-refractivity contribution in [2.75, 3.05) is 5.32 Å². The number of aryl methyl sites for hydroxylation is 1. The number of pyridine rings is 1. The van der Waals surface area contributed by atoms with Crippen LogP contribution in [0.25, 0.3) is 32.6 Å². The average Bonchev–Trinajstić information content (AvgIpc) is 3.27. The van der Waals surface area contributed by atoms with Gasteiger partial charge in [0.2, 0.25) is 0 Å². The Morgan fingerprint density at radius 3 is 2.68 bits per heavy atom. The number of benzene rings is 2. The molecule has 1 atom stereocenters. The summed E-state index contributed by atoms with van der Waals surface area (Å²) in [5, 5.41) is 3.54. The molecule has 5 aromatic rings. The zero-order valence-corrected chi connectivity index (χ0v) is 18.1. The standard InChI is InChI=1S/C25H21N5S/c1-16(18-5-3-6-19(11-18)21-7-4-10-26-14-21)28-25-13-23(29-17(2)30-25)20-8-9-22-24(12-20)31-15-27-22/h3-16H,1-2H3,(H,28,29,30)/t16-/m0/s1. The Bertz CT molecular complexity index is 1350. The van der Waals surface area contributed by atoms with E-state index in [1.807, 2.05) is 36.8 Å². The molecule has 3 heterocycles. The summed E-state index contributed by atoms with van der Waals surface area (Å²) < 4.78 is 1.16. The molecule has 0 unspecified atom stereocenters. The first-order chi connectivity index (χ1) is 15.2. The second-order valence-electron chi connectivity index (χ2n) is 7.45. The first-order valence-electron chi connectivity index (χ1n) is 10.1. The summed E-state index contributed by atoms with van der Waals surface area (Å²) >= 11 is 1.64. The van der Waals surface area contributed by atoms with Crippen LogP contribution in [0.2, 0.25) is 0 Å².